The van der Waals surface area contributed by atoms with Crippen LogP contribution in [-0.2, 0) is 11.2 Å². The van der Waals surface area contributed by atoms with Gasteiger partial charge in [0.15, 0.2) is 0 Å². The van der Waals surface area contributed by atoms with Gasteiger partial charge < -0.3 is 15.7 Å². The molecule has 0 aliphatic carbocycles. The monoisotopic (exact) mass is 220 g/mol. The highest BCUT2D eigenvalue weighted by Gasteiger charge is 2.21. The number of hydrogen-bond acceptors (Lipinski definition) is 3. The Kier molecular flexibility index (Phi) is 2.52. The molecule has 0 saturated carbocycles. The molecule has 1 amide bonds. The van der Waals surface area contributed by atoms with E-state index >= 15 is 0 Å². The minimum atomic E-state index is -0.934. The van der Waals surface area contributed by atoms with Crippen molar-refractivity contribution < 1.29 is 14.7 Å². The lowest BCUT2D eigenvalue weighted by atomic mass is 10.1. The summed E-state index contributed by atoms with van der Waals surface area (Å²) in [7, 11) is 0. The molecule has 3 N–H and O–H groups in total. The number of hydrogen-bond donors (Lipinski definition) is 2. The molecule has 0 aromatic heterocycles. The van der Waals surface area contributed by atoms with Gasteiger partial charge in [0.25, 0.3) is 0 Å². The maximum Gasteiger partial charge on any atom is 0.335 e. The van der Waals surface area contributed by atoms with Gasteiger partial charge in [0.1, 0.15) is 0 Å². The summed E-state index contributed by atoms with van der Waals surface area (Å²) in [5, 5.41) is 8.84. The molecule has 0 atom stereocenters. The topological polar surface area (TPSA) is 83.6 Å². The zero-order chi connectivity index (χ0) is 11.7. The van der Waals surface area contributed by atoms with Gasteiger partial charge in [0.05, 0.1) is 12.1 Å². The number of aromatic carboxylic acids is 1. The number of carboxylic acids is 1. The third-order valence-corrected chi connectivity index (χ3v) is 2.66. The van der Waals surface area contributed by atoms with Crippen LogP contribution in [-0.4, -0.2) is 30.1 Å². The average Bonchev–Trinajstić information content (AvgIpc) is 2.60. The smallest absolute Gasteiger partial charge is 0.335 e. The number of rotatable bonds is 3. The molecular weight excluding hydrogens is 208 g/mol. The highest BCUT2D eigenvalue weighted by atomic mass is 16.4. The summed E-state index contributed by atoms with van der Waals surface area (Å²) in [5.74, 6) is -1.31. The summed E-state index contributed by atoms with van der Waals surface area (Å²) in [5.41, 5.74) is 7.28. The highest BCUT2D eigenvalue weighted by molar-refractivity contribution is 5.89. The summed E-state index contributed by atoms with van der Waals surface area (Å²) in [6.07, 6.45) is 0.754. The second-order valence-corrected chi connectivity index (χ2v) is 3.79. The molecule has 2 rings (SSSR count). The molecule has 0 spiro atoms. The molecule has 0 saturated heterocycles. The number of primary amides is 1. The summed E-state index contributed by atoms with van der Waals surface area (Å²) >= 11 is 0. The fraction of sp³-hybridized carbons (Fsp3) is 0.273. The second kappa shape index (κ2) is 3.84. The van der Waals surface area contributed by atoms with Crippen LogP contribution in [0.4, 0.5) is 5.69 Å². The van der Waals surface area contributed by atoms with Crippen molar-refractivity contribution in [3.05, 3.63) is 29.3 Å². The lowest BCUT2D eigenvalue weighted by Crippen LogP contribution is -2.32. The summed E-state index contributed by atoms with van der Waals surface area (Å²) in [6, 6.07) is 4.92. The van der Waals surface area contributed by atoms with E-state index in [1.165, 1.54) is 0 Å². The van der Waals surface area contributed by atoms with Gasteiger partial charge in [-0.1, -0.05) is 0 Å². The van der Waals surface area contributed by atoms with E-state index in [0.717, 1.165) is 17.7 Å². The van der Waals surface area contributed by atoms with Gasteiger partial charge >= 0.3 is 5.97 Å². The number of amides is 1. The molecule has 1 aromatic rings. The molecule has 1 aromatic carbocycles. The molecule has 1 heterocycles. The van der Waals surface area contributed by atoms with E-state index in [1.54, 1.807) is 18.2 Å². The van der Waals surface area contributed by atoms with Crippen LogP contribution in [0.25, 0.3) is 0 Å². The van der Waals surface area contributed by atoms with E-state index in [-0.39, 0.29) is 18.0 Å². The Hall–Kier alpha value is -2.04. The van der Waals surface area contributed by atoms with Crippen LogP contribution in [0.15, 0.2) is 18.2 Å². The Balaban J connectivity index is 2.28. The molecule has 0 radical (unpaired) electrons. The predicted molar refractivity (Wildman–Crippen MR) is 58.5 cm³/mol. The van der Waals surface area contributed by atoms with E-state index in [2.05, 4.69) is 0 Å². The molecule has 5 nitrogen and oxygen atoms in total. The Morgan fingerprint density at radius 1 is 1.44 bits per heavy atom. The third kappa shape index (κ3) is 1.84. The molecule has 1 aliphatic heterocycles. The van der Waals surface area contributed by atoms with Crippen molar-refractivity contribution in [2.24, 2.45) is 5.73 Å². The Labute approximate surface area is 92.5 Å². The van der Waals surface area contributed by atoms with Crippen LogP contribution in [0, 0.1) is 0 Å². The van der Waals surface area contributed by atoms with E-state index in [4.69, 9.17) is 10.8 Å². The van der Waals surface area contributed by atoms with Crippen LogP contribution in [0.1, 0.15) is 15.9 Å². The van der Waals surface area contributed by atoms with Gasteiger partial charge in [-0.15, -0.1) is 0 Å². The second-order valence-electron chi connectivity index (χ2n) is 3.79. The first-order chi connectivity index (χ1) is 7.58. The maximum absolute atomic E-state index is 10.8. The van der Waals surface area contributed by atoms with Gasteiger partial charge in [0, 0.05) is 12.2 Å². The number of carbonyl (C=O) groups is 2. The summed E-state index contributed by atoms with van der Waals surface area (Å²) in [4.78, 5) is 23.5. The minimum Gasteiger partial charge on any atom is -0.478 e. The van der Waals surface area contributed by atoms with Gasteiger partial charge in [-0.3, -0.25) is 4.79 Å². The van der Waals surface area contributed by atoms with Crippen LogP contribution in [0.3, 0.4) is 0 Å². The van der Waals surface area contributed by atoms with Crippen molar-refractivity contribution in [3.63, 3.8) is 0 Å². The SMILES string of the molecule is NC(=O)CN1CCc2cc(C(=O)O)ccc21. The van der Waals surface area contributed by atoms with Crippen molar-refractivity contribution in [2.45, 2.75) is 6.42 Å². The molecule has 5 heteroatoms. The quantitative estimate of drug-likeness (QED) is 0.763. The lowest BCUT2D eigenvalue weighted by molar-refractivity contribution is -0.116. The number of carboxylic acid groups (broad SMARTS) is 1. The first-order valence-electron chi connectivity index (χ1n) is 4.97. The number of benzene rings is 1. The fourth-order valence-electron chi connectivity index (χ4n) is 1.96. The van der Waals surface area contributed by atoms with E-state index in [1.807, 2.05) is 4.90 Å². The van der Waals surface area contributed by atoms with Gasteiger partial charge in [0.2, 0.25) is 5.91 Å². The number of nitrogens with two attached hydrogens (primary N) is 1. The van der Waals surface area contributed by atoms with Gasteiger partial charge in [-0.05, 0) is 30.2 Å². The van der Waals surface area contributed by atoms with E-state index in [9.17, 15) is 9.59 Å². The Morgan fingerprint density at radius 2 is 2.19 bits per heavy atom. The van der Waals surface area contributed by atoms with Gasteiger partial charge in [-0.25, -0.2) is 4.79 Å². The predicted octanol–water partition coefficient (Wildman–Crippen LogP) is 0.233. The number of carbonyl (C=O) groups excluding carboxylic acids is 1. The molecule has 0 fully saturated rings. The average molecular weight is 220 g/mol. The summed E-state index contributed by atoms with van der Waals surface area (Å²) < 4.78 is 0. The standard InChI is InChI=1S/C11H12N2O3/c12-10(14)6-13-4-3-7-5-8(11(15)16)1-2-9(7)13/h1-2,5H,3-4,6H2,(H2,12,14)(H,15,16). The fourth-order valence-corrected chi connectivity index (χ4v) is 1.96. The van der Waals surface area contributed by atoms with Crippen molar-refractivity contribution in [1.82, 2.24) is 0 Å². The number of anilines is 1. The molecule has 0 bridgehead atoms. The molecule has 0 unspecified atom stereocenters. The third-order valence-electron chi connectivity index (χ3n) is 2.66. The van der Waals surface area contributed by atoms with Crippen molar-refractivity contribution in [1.29, 1.82) is 0 Å². The Bertz CT molecular complexity index is 457. The minimum absolute atomic E-state index is 0.180. The Morgan fingerprint density at radius 3 is 2.81 bits per heavy atom. The first kappa shape index (κ1) is 10.5. The molecular formula is C11H12N2O3. The zero-order valence-corrected chi connectivity index (χ0v) is 8.64. The van der Waals surface area contributed by atoms with Crippen molar-refractivity contribution in [2.75, 3.05) is 18.0 Å². The molecule has 16 heavy (non-hydrogen) atoms. The maximum atomic E-state index is 10.8. The largest absolute Gasteiger partial charge is 0.478 e. The number of nitrogens with zero attached hydrogens (tertiary/aromatic N) is 1. The molecule has 84 valence electrons. The highest BCUT2D eigenvalue weighted by Crippen LogP contribution is 2.28. The lowest BCUT2D eigenvalue weighted by Gasteiger charge is -2.16. The van der Waals surface area contributed by atoms with Crippen LogP contribution in [0.2, 0.25) is 0 Å². The van der Waals surface area contributed by atoms with Gasteiger partial charge in [-0.2, -0.15) is 0 Å². The normalized spacial score (nSPS) is 13.6. The van der Waals surface area contributed by atoms with Crippen molar-refractivity contribution >= 4 is 17.6 Å². The molecule has 1 aliphatic rings. The van der Waals surface area contributed by atoms with E-state index < -0.39 is 5.97 Å². The number of fused-ring (bicyclic) bond motifs is 1. The van der Waals surface area contributed by atoms with Crippen molar-refractivity contribution in [3.8, 4) is 0 Å². The van der Waals surface area contributed by atoms with E-state index in [0.29, 0.717) is 6.54 Å². The zero-order valence-electron chi connectivity index (χ0n) is 8.64. The van der Waals surface area contributed by atoms with Crippen LogP contribution >= 0.6 is 0 Å². The van der Waals surface area contributed by atoms with Crippen LogP contribution in [0.5, 0.6) is 0 Å². The van der Waals surface area contributed by atoms with Crippen LogP contribution < -0.4 is 10.6 Å². The summed E-state index contributed by atoms with van der Waals surface area (Å²) in [6.45, 7) is 0.890. The first-order valence-corrected chi connectivity index (χ1v) is 4.97.